The Morgan fingerprint density at radius 1 is 1.26 bits per heavy atom. The Morgan fingerprint density at radius 3 is 2.42 bits per heavy atom. The van der Waals surface area contributed by atoms with Gasteiger partial charge in [0.15, 0.2) is 0 Å². The molecule has 19 heavy (non-hydrogen) atoms. The van der Waals surface area contributed by atoms with Crippen LogP contribution in [0.3, 0.4) is 0 Å². The highest BCUT2D eigenvalue weighted by molar-refractivity contribution is 5.29. The van der Waals surface area contributed by atoms with Crippen LogP contribution in [0.4, 0.5) is 0 Å². The minimum atomic E-state index is 0.475. The Morgan fingerprint density at radius 2 is 1.95 bits per heavy atom. The summed E-state index contributed by atoms with van der Waals surface area (Å²) in [4.78, 5) is 2.62. The molecule has 0 radical (unpaired) electrons. The average molecular weight is 262 g/mol. The number of rotatable bonds is 7. The van der Waals surface area contributed by atoms with Crippen molar-refractivity contribution in [3.8, 4) is 5.75 Å². The van der Waals surface area contributed by atoms with Gasteiger partial charge in [-0.15, -0.1) is 0 Å². The second-order valence-corrected chi connectivity index (χ2v) is 5.23. The molecule has 1 aromatic rings. The van der Waals surface area contributed by atoms with Gasteiger partial charge in [0, 0.05) is 25.2 Å². The molecule has 106 valence electrons. The van der Waals surface area contributed by atoms with E-state index in [1.54, 1.807) is 0 Å². The first-order valence-electron chi connectivity index (χ1n) is 7.45. The number of nitrogens with zero attached hydrogens (tertiary/aromatic N) is 1. The monoisotopic (exact) mass is 262 g/mol. The van der Waals surface area contributed by atoms with E-state index in [0.29, 0.717) is 12.1 Å². The third kappa shape index (κ3) is 3.48. The number of hydrogen-bond acceptors (Lipinski definition) is 3. The molecule has 1 unspecified atom stereocenters. The van der Waals surface area contributed by atoms with E-state index >= 15 is 0 Å². The molecule has 1 aliphatic rings. The maximum atomic E-state index is 5.50. The average Bonchev–Trinajstić information content (AvgIpc) is 2.37. The summed E-state index contributed by atoms with van der Waals surface area (Å²) in [7, 11) is 0. The molecule has 3 nitrogen and oxygen atoms in total. The Balaban J connectivity index is 2.04. The van der Waals surface area contributed by atoms with Gasteiger partial charge in [-0.3, -0.25) is 4.90 Å². The van der Waals surface area contributed by atoms with E-state index in [9.17, 15) is 0 Å². The molecule has 1 N–H and O–H groups in total. The van der Waals surface area contributed by atoms with Crippen molar-refractivity contribution in [3.63, 3.8) is 0 Å². The lowest BCUT2D eigenvalue weighted by atomic mass is 10.0. The highest BCUT2D eigenvalue weighted by Crippen LogP contribution is 2.25. The second-order valence-electron chi connectivity index (χ2n) is 5.23. The molecule has 1 atom stereocenters. The van der Waals surface area contributed by atoms with Gasteiger partial charge in [-0.2, -0.15) is 0 Å². The Kier molecular flexibility index (Phi) is 5.23. The molecule has 0 aliphatic carbocycles. The predicted octanol–water partition coefficient (Wildman–Crippen LogP) is 2.83. The fourth-order valence-corrected chi connectivity index (χ4v) is 2.66. The minimum Gasteiger partial charge on any atom is -0.494 e. The molecule has 1 aromatic carbocycles. The fraction of sp³-hybridized carbons (Fsp3) is 0.625. The van der Waals surface area contributed by atoms with Gasteiger partial charge in [0.25, 0.3) is 0 Å². The Bertz CT molecular complexity index is 373. The summed E-state index contributed by atoms with van der Waals surface area (Å²) in [5.41, 5.74) is 1.38. The summed E-state index contributed by atoms with van der Waals surface area (Å²) in [6.45, 7) is 10.7. The Labute approximate surface area is 116 Å². The summed E-state index contributed by atoms with van der Waals surface area (Å²) in [5, 5.41) is 3.37. The number of ether oxygens (including phenoxy) is 1. The molecule has 3 heteroatoms. The first-order valence-corrected chi connectivity index (χ1v) is 7.45. The fourth-order valence-electron chi connectivity index (χ4n) is 2.66. The van der Waals surface area contributed by atoms with Crippen LogP contribution >= 0.6 is 0 Å². The third-order valence-corrected chi connectivity index (χ3v) is 3.88. The lowest BCUT2D eigenvalue weighted by Gasteiger charge is -2.42. The van der Waals surface area contributed by atoms with Crippen LogP contribution in [-0.2, 0) is 0 Å². The van der Waals surface area contributed by atoms with Gasteiger partial charge in [-0.25, -0.2) is 0 Å². The van der Waals surface area contributed by atoms with Gasteiger partial charge in [0.2, 0.25) is 0 Å². The van der Waals surface area contributed by atoms with Crippen LogP contribution in [0, 0.1) is 0 Å². The first-order chi connectivity index (χ1) is 9.26. The number of benzene rings is 1. The van der Waals surface area contributed by atoms with E-state index < -0.39 is 0 Å². The van der Waals surface area contributed by atoms with Crippen LogP contribution in [0.25, 0.3) is 0 Å². The molecule has 2 rings (SSSR count). The molecule has 1 heterocycles. The number of hydrogen-bond donors (Lipinski definition) is 1. The zero-order valence-corrected chi connectivity index (χ0v) is 12.4. The van der Waals surface area contributed by atoms with Crippen molar-refractivity contribution in [1.29, 1.82) is 0 Å². The van der Waals surface area contributed by atoms with Crippen LogP contribution < -0.4 is 10.1 Å². The lowest BCUT2D eigenvalue weighted by molar-refractivity contribution is 0.103. The number of nitrogens with one attached hydrogen (secondary N) is 1. The van der Waals surface area contributed by atoms with Gasteiger partial charge in [0.1, 0.15) is 5.75 Å². The summed E-state index contributed by atoms with van der Waals surface area (Å²) < 4.78 is 5.50. The van der Waals surface area contributed by atoms with Crippen LogP contribution in [0.5, 0.6) is 5.75 Å². The van der Waals surface area contributed by atoms with Crippen molar-refractivity contribution < 1.29 is 4.74 Å². The lowest BCUT2D eigenvalue weighted by Crippen LogP contribution is -2.57. The summed E-state index contributed by atoms with van der Waals surface area (Å²) in [6, 6.07) is 9.73. The molecule has 1 fully saturated rings. The molecule has 0 amide bonds. The summed E-state index contributed by atoms with van der Waals surface area (Å²) in [6.07, 6.45) is 1.21. The van der Waals surface area contributed by atoms with E-state index in [0.717, 1.165) is 25.4 Å². The molecule has 1 aliphatic heterocycles. The van der Waals surface area contributed by atoms with Gasteiger partial charge < -0.3 is 10.1 Å². The van der Waals surface area contributed by atoms with E-state index in [1.165, 1.54) is 18.5 Å². The summed E-state index contributed by atoms with van der Waals surface area (Å²) in [5.74, 6) is 0.964. The Hall–Kier alpha value is -1.06. The zero-order valence-electron chi connectivity index (χ0n) is 12.4. The topological polar surface area (TPSA) is 24.5 Å². The van der Waals surface area contributed by atoms with E-state index in [4.69, 9.17) is 4.74 Å². The van der Waals surface area contributed by atoms with E-state index in [1.807, 2.05) is 6.92 Å². The smallest absolute Gasteiger partial charge is 0.119 e. The van der Waals surface area contributed by atoms with E-state index in [2.05, 4.69) is 48.3 Å². The maximum absolute atomic E-state index is 5.50. The standard InChI is InChI=1S/C16H26N2O/c1-4-10-18(15-11-17-12-15)13(3)14-6-8-16(9-7-14)19-5-2/h6-9,13,15,17H,4-5,10-12H2,1-3H3. The normalized spacial score (nSPS) is 17.3. The molecular weight excluding hydrogens is 236 g/mol. The predicted molar refractivity (Wildman–Crippen MR) is 79.7 cm³/mol. The van der Waals surface area contributed by atoms with Gasteiger partial charge >= 0.3 is 0 Å². The van der Waals surface area contributed by atoms with Crippen LogP contribution in [0.1, 0.15) is 38.8 Å². The van der Waals surface area contributed by atoms with Crippen molar-refractivity contribution in [2.75, 3.05) is 26.2 Å². The molecule has 0 saturated carbocycles. The van der Waals surface area contributed by atoms with Crippen LogP contribution in [0.2, 0.25) is 0 Å². The van der Waals surface area contributed by atoms with Gasteiger partial charge in [0.05, 0.1) is 6.61 Å². The quantitative estimate of drug-likeness (QED) is 0.818. The third-order valence-electron chi connectivity index (χ3n) is 3.88. The molecule has 1 saturated heterocycles. The molecule has 0 spiro atoms. The molecule has 0 bridgehead atoms. The largest absolute Gasteiger partial charge is 0.494 e. The second kappa shape index (κ2) is 6.92. The van der Waals surface area contributed by atoms with Crippen molar-refractivity contribution in [2.24, 2.45) is 0 Å². The van der Waals surface area contributed by atoms with Crippen molar-refractivity contribution >= 4 is 0 Å². The summed E-state index contributed by atoms with van der Waals surface area (Å²) >= 11 is 0. The van der Waals surface area contributed by atoms with Crippen LogP contribution in [-0.4, -0.2) is 37.2 Å². The first kappa shape index (κ1) is 14.4. The van der Waals surface area contributed by atoms with Crippen molar-refractivity contribution in [3.05, 3.63) is 29.8 Å². The minimum absolute atomic E-state index is 0.475. The maximum Gasteiger partial charge on any atom is 0.119 e. The zero-order chi connectivity index (χ0) is 13.7. The van der Waals surface area contributed by atoms with E-state index in [-0.39, 0.29) is 0 Å². The van der Waals surface area contributed by atoms with Crippen molar-refractivity contribution in [1.82, 2.24) is 10.2 Å². The van der Waals surface area contributed by atoms with Crippen molar-refractivity contribution in [2.45, 2.75) is 39.3 Å². The highest BCUT2D eigenvalue weighted by atomic mass is 16.5. The highest BCUT2D eigenvalue weighted by Gasteiger charge is 2.28. The SMILES string of the molecule is CCCN(C1CNC1)C(C)c1ccc(OCC)cc1. The molecular formula is C16H26N2O. The van der Waals surface area contributed by atoms with Crippen LogP contribution in [0.15, 0.2) is 24.3 Å². The molecule has 0 aromatic heterocycles. The van der Waals surface area contributed by atoms with Gasteiger partial charge in [-0.05, 0) is 44.5 Å². The van der Waals surface area contributed by atoms with Gasteiger partial charge in [-0.1, -0.05) is 19.1 Å².